The fraction of sp³-hybridized carbons (Fsp3) is 0.810. The van der Waals surface area contributed by atoms with E-state index in [9.17, 15) is 38.4 Å². The Hall–Kier alpha value is -4.48. The van der Waals surface area contributed by atoms with Gasteiger partial charge in [-0.15, -0.1) is 0 Å². The van der Waals surface area contributed by atoms with Gasteiger partial charge in [0.25, 0.3) is 0 Å². The highest BCUT2D eigenvalue weighted by Crippen LogP contribution is 2.38. The van der Waals surface area contributed by atoms with Crippen molar-refractivity contribution >= 4 is 46.3 Å². The van der Waals surface area contributed by atoms with E-state index < -0.39 is 0 Å². The Morgan fingerprint density at radius 1 is 0.302 bits per heavy atom. The van der Waals surface area contributed by atoms with Crippen molar-refractivity contribution in [3.8, 4) is 0 Å². The summed E-state index contributed by atoms with van der Waals surface area (Å²) >= 11 is 0. The third kappa shape index (κ3) is 26.2. The molecule has 12 nitrogen and oxygen atoms in total. The fourth-order valence-electron chi connectivity index (χ4n) is 17.8. The number of likely N-dealkylation sites (tertiary alicyclic amines) is 4. The van der Waals surface area contributed by atoms with Crippen molar-refractivity contribution in [2.75, 3.05) is 26.2 Å². The Morgan fingerprint density at radius 3 is 0.615 bits per heavy atom. The SMILES string of the molecule is C=C1CCCN1[C@@H](CC)C(=O)CC(=O)C1CCC(CCCC)CC1.C=C1CCCN1[C@@H](CC)C(=O)CC(=O)C1CCC(CCCC)CC1.C=C1CCCN1[C@@H](CC)C(=O)CC(=O)C1CCC(CCCC)CC1.C=C1CCCN1[C@@H](CC)C(=O)CC(=O)C1CCC(CCCC)CC1. The summed E-state index contributed by atoms with van der Waals surface area (Å²) in [5, 5.41) is 0. The first-order valence-electron chi connectivity index (χ1n) is 40.2. The summed E-state index contributed by atoms with van der Waals surface area (Å²) in [5.74, 6) is 4.96. The van der Waals surface area contributed by atoms with Gasteiger partial charge >= 0.3 is 0 Å². The van der Waals surface area contributed by atoms with Crippen LogP contribution in [0.15, 0.2) is 49.1 Å². The van der Waals surface area contributed by atoms with Crippen molar-refractivity contribution in [1.82, 2.24) is 19.6 Å². The molecular formula is C84H140N4O8. The molecule has 4 saturated heterocycles. The number of allylic oxidation sites excluding steroid dienone is 4. The van der Waals surface area contributed by atoms with E-state index in [0.29, 0.717) is 0 Å². The van der Waals surface area contributed by atoms with Crippen molar-refractivity contribution in [2.45, 2.75) is 362 Å². The van der Waals surface area contributed by atoms with Crippen LogP contribution in [0.1, 0.15) is 338 Å². The molecule has 4 heterocycles. The molecule has 4 aliphatic heterocycles. The van der Waals surface area contributed by atoms with Crippen LogP contribution in [0.2, 0.25) is 0 Å². The van der Waals surface area contributed by atoms with Gasteiger partial charge in [0, 0.05) is 72.6 Å². The maximum Gasteiger partial charge on any atom is 0.162 e. The van der Waals surface area contributed by atoms with E-state index in [-0.39, 0.29) is 120 Å². The van der Waals surface area contributed by atoms with Gasteiger partial charge in [-0.05, 0) is 203 Å². The number of hydrogen-bond acceptors (Lipinski definition) is 12. The second kappa shape index (κ2) is 44.6. The molecule has 4 saturated carbocycles. The predicted octanol–water partition coefficient (Wildman–Crippen LogP) is 19.6. The smallest absolute Gasteiger partial charge is 0.162 e. The molecule has 8 fully saturated rings. The second-order valence-corrected chi connectivity index (χ2v) is 31.0. The number of rotatable bonds is 36. The molecule has 4 aliphatic carbocycles. The lowest BCUT2D eigenvalue weighted by molar-refractivity contribution is -0.133. The monoisotopic (exact) mass is 1330 g/mol. The predicted molar refractivity (Wildman–Crippen MR) is 395 cm³/mol. The first-order chi connectivity index (χ1) is 46.2. The van der Waals surface area contributed by atoms with Crippen LogP contribution in [0.25, 0.3) is 0 Å². The van der Waals surface area contributed by atoms with Crippen LogP contribution in [-0.4, -0.2) is 116 Å². The molecule has 0 N–H and O–H groups in total. The summed E-state index contributed by atoms with van der Waals surface area (Å²) in [7, 11) is 0. The highest BCUT2D eigenvalue weighted by molar-refractivity contribution is 6.04. The minimum Gasteiger partial charge on any atom is -0.365 e. The summed E-state index contributed by atoms with van der Waals surface area (Å²) in [4.78, 5) is 110. The molecule has 0 aromatic carbocycles. The molecule has 96 heavy (non-hydrogen) atoms. The number of Topliss-reactive ketones (excluding diaryl/α,β-unsaturated/α-hetero) is 8. The summed E-state index contributed by atoms with van der Waals surface area (Å²) in [6, 6.07) is -0.538. The normalized spacial score (nSPS) is 25.8. The van der Waals surface area contributed by atoms with Gasteiger partial charge in [-0.2, -0.15) is 0 Å². The van der Waals surface area contributed by atoms with Crippen LogP contribution < -0.4 is 0 Å². The third-order valence-electron chi connectivity index (χ3n) is 24.1. The van der Waals surface area contributed by atoms with Gasteiger partial charge in [0.05, 0.1) is 49.9 Å². The number of hydrogen-bond donors (Lipinski definition) is 0. The van der Waals surface area contributed by atoms with Crippen LogP contribution in [0.3, 0.4) is 0 Å². The van der Waals surface area contributed by atoms with Gasteiger partial charge in [0.2, 0.25) is 0 Å². The van der Waals surface area contributed by atoms with Crippen LogP contribution in [0.5, 0.6) is 0 Å². The van der Waals surface area contributed by atoms with Crippen LogP contribution in [0, 0.1) is 47.3 Å². The van der Waals surface area contributed by atoms with E-state index in [0.717, 1.165) is 201 Å². The molecule has 0 aromatic rings. The molecular weight excluding hydrogens is 1190 g/mol. The first-order valence-corrected chi connectivity index (χ1v) is 40.2. The van der Waals surface area contributed by atoms with Crippen molar-refractivity contribution in [3.63, 3.8) is 0 Å². The maximum absolute atomic E-state index is 12.7. The molecule has 0 unspecified atom stereocenters. The first kappa shape index (κ1) is 82.2. The molecule has 8 aliphatic rings. The van der Waals surface area contributed by atoms with Gasteiger partial charge in [-0.25, -0.2) is 0 Å². The molecule has 0 spiro atoms. The van der Waals surface area contributed by atoms with Crippen LogP contribution in [0.4, 0.5) is 0 Å². The van der Waals surface area contributed by atoms with Crippen LogP contribution in [-0.2, 0) is 38.4 Å². The average Bonchev–Trinajstić information content (AvgIpc) is 1.79. The standard InChI is InChI=1S/4C21H35NO2/c4*1-4-6-9-17-10-12-18(13-11-17)20(23)15-21(24)19(5-2)22-14-7-8-16(22)3/h4*17-19H,3-15H2,1-2H3/t4*17?,18?,19-/m0000/s1. The van der Waals surface area contributed by atoms with Crippen molar-refractivity contribution in [3.05, 3.63) is 49.1 Å². The van der Waals surface area contributed by atoms with Crippen LogP contribution >= 0.6 is 0 Å². The Balaban J connectivity index is 0.000000231. The van der Waals surface area contributed by atoms with Crippen molar-refractivity contribution < 1.29 is 38.4 Å². The summed E-state index contributed by atoms with van der Waals surface area (Å²) in [6.07, 6.45) is 44.7. The second-order valence-electron chi connectivity index (χ2n) is 31.0. The Labute approximate surface area is 586 Å². The van der Waals surface area contributed by atoms with Gasteiger partial charge in [0.1, 0.15) is 23.1 Å². The zero-order valence-corrected chi connectivity index (χ0v) is 62.8. The maximum atomic E-state index is 12.7. The lowest BCUT2D eigenvalue weighted by Crippen LogP contribution is -2.39. The van der Waals surface area contributed by atoms with E-state index in [1.165, 1.54) is 128 Å². The minimum atomic E-state index is -0.134. The molecule has 8 rings (SSSR count). The molecule has 0 radical (unpaired) electrons. The van der Waals surface area contributed by atoms with Gasteiger partial charge in [-0.3, -0.25) is 38.4 Å². The number of unbranched alkanes of at least 4 members (excludes halogenated alkanes) is 4. The number of ketones is 8. The van der Waals surface area contributed by atoms with Gasteiger partial charge < -0.3 is 19.6 Å². The zero-order valence-electron chi connectivity index (χ0n) is 62.8. The lowest BCUT2D eigenvalue weighted by atomic mass is 9.77. The highest BCUT2D eigenvalue weighted by Gasteiger charge is 2.38. The largest absolute Gasteiger partial charge is 0.365 e. The quantitative estimate of drug-likeness (QED) is 0.0550. The summed E-state index contributed by atoms with van der Waals surface area (Å²) < 4.78 is 0. The molecule has 0 aromatic heterocycles. The van der Waals surface area contributed by atoms with E-state index in [2.05, 4.69) is 73.6 Å². The Bertz CT molecular complexity index is 2130. The number of carbonyl (C=O) groups excluding carboxylic acids is 8. The molecule has 4 atom stereocenters. The Morgan fingerprint density at radius 2 is 0.479 bits per heavy atom. The topological polar surface area (TPSA) is 150 Å². The third-order valence-corrected chi connectivity index (χ3v) is 24.1. The number of nitrogens with zero attached hydrogens (tertiary/aromatic N) is 4. The number of carbonyl (C=O) groups is 8. The average molecular weight is 1330 g/mol. The van der Waals surface area contributed by atoms with E-state index in [4.69, 9.17) is 0 Å². The van der Waals surface area contributed by atoms with E-state index >= 15 is 0 Å². The summed E-state index contributed by atoms with van der Waals surface area (Å²) in [6.45, 7) is 37.1. The minimum absolute atomic E-state index is 0.110. The van der Waals surface area contributed by atoms with Crippen molar-refractivity contribution in [2.24, 2.45) is 47.3 Å². The molecule has 544 valence electrons. The lowest BCUT2D eigenvalue weighted by Gasteiger charge is -2.30. The zero-order chi connectivity index (χ0) is 70.1. The molecule has 0 amide bonds. The Kier molecular flexibility index (Phi) is 38.2. The van der Waals surface area contributed by atoms with Gasteiger partial charge in [0.15, 0.2) is 23.1 Å². The van der Waals surface area contributed by atoms with E-state index in [1.54, 1.807) is 0 Å². The van der Waals surface area contributed by atoms with E-state index in [1.807, 2.05) is 27.7 Å². The van der Waals surface area contributed by atoms with Crippen molar-refractivity contribution in [1.29, 1.82) is 0 Å². The van der Waals surface area contributed by atoms with Gasteiger partial charge in [-0.1, -0.05) is 159 Å². The fourth-order valence-corrected chi connectivity index (χ4v) is 17.8. The highest BCUT2D eigenvalue weighted by atomic mass is 16.2. The molecule has 12 heteroatoms. The molecule has 0 bridgehead atoms. The summed E-state index contributed by atoms with van der Waals surface area (Å²) in [5.41, 5.74) is 4.27.